The SMILES string of the molecule is CC1=C(C(=O)O)C(c2cccc(Cl)c2)C(C(=O)OC/C=C/c2ccc(C(=O)O)cc2)=C(C)N1. The topological polar surface area (TPSA) is 113 Å². The highest BCUT2D eigenvalue weighted by Crippen LogP contribution is 2.39. The molecule has 0 spiro atoms. The fraction of sp³-hybridized carbons (Fsp3) is 0.160. The Balaban J connectivity index is 1.81. The summed E-state index contributed by atoms with van der Waals surface area (Å²) < 4.78 is 5.41. The van der Waals surface area contributed by atoms with E-state index in [-0.39, 0.29) is 23.3 Å². The average molecular weight is 468 g/mol. The molecule has 1 aliphatic heterocycles. The molecule has 0 bridgehead atoms. The lowest BCUT2D eigenvalue weighted by molar-refractivity contribution is -0.138. The lowest BCUT2D eigenvalue weighted by Crippen LogP contribution is -2.31. The highest BCUT2D eigenvalue weighted by Gasteiger charge is 2.37. The molecule has 0 saturated carbocycles. The van der Waals surface area contributed by atoms with Crippen molar-refractivity contribution in [2.24, 2.45) is 0 Å². The zero-order valence-corrected chi connectivity index (χ0v) is 18.7. The fourth-order valence-corrected chi connectivity index (χ4v) is 3.89. The van der Waals surface area contributed by atoms with Gasteiger partial charge < -0.3 is 20.3 Å². The van der Waals surface area contributed by atoms with E-state index in [9.17, 15) is 19.5 Å². The maximum atomic E-state index is 13.0. The van der Waals surface area contributed by atoms with Gasteiger partial charge in [0.15, 0.2) is 0 Å². The van der Waals surface area contributed by atoms with Crippen LogP contribution in [-0.4, -0.2) is 34.7 Å². The first kappa shape index (κ1) is 23.8. The van der Waals surface area contributed by atoms with Crippen molar-refractivity contribution in [2.75, 3.05) is 6.61 Å². The van der Waals surface area contributed by atoms with Crippen molar-refractivity contribution in [1.82, 2.24) is 5.32 Å². The number of aromatic carboxylic acids is 1. The van der Waals surface area contributed by atoms with Gasteiger partial charge in [-0.25, -0.2) is 14.4 Å². The molecule has 0 radical (unpaired) electrons. The number of aliphatic carboxylic acids is 1. The van der Waals surface area contributed by atoms with Crippen LogP contribution in [-0.2, 0) is 14.3 Å². The molecule has 0 amide bonds. The van der Waals surface area contributed by atoms with Crippen molar-refractivity contribution in [3.8, 4) is 0 Å². The normalized spacial score (nSPS) is 16.0. The third-order valence-electron chi connectivity index (χ3n) is 5.17. The van der Waals surface area contributed by atoms with Crippen LogP contribution in [0.5, 0.6) is 0 Å². The minimum absolute atomic E-state index is 0.0453. The van der Waals surface area contributed by atoms with Gasteiger partial charge in [0.25, 0.3) is 0 Å². The van der Waals surface area contributed by atoms with Gasteiger partial charge in [-0.05, 0) is 55.3 Å². The lowest BCUT2D eigenvalue weighted by Gasteiger charge is -2.29. The quantitative estimate of drug-likeness (QED) is 0.509. The van der Waals surface area contributed by atoms with Gasteiger partial charge in [0.1, 0.15) is 6.61 Å². The van der Waals surface area contributed by atoms with Crippen molar-refractivity contribution >= 4 is 35.6 Å². The number of hydrogen-bond donors (Lipinski definition) is 3. The second-order valence-electron chi connectivity index (χ2n) is 7.42. The zero-order valence-electron chi connectivity index (χ0n) is 18.0. The Morgan fingerprint density at radius 3 is 2.27 bits per heavy atom. The molecular weight excluding hydrogens is 446 g/mol. The van der Waals surface area contributed by atoms with Crippen LogP contribution in [0.1, 0.15) is 41.3 Å². The van der Waals surface area contributed by atoms with E-state index in [1.54, 1.807) is 62.4 Å². The van der Waals surface area contributed by atoms with Gasteiger partial charge in [0, 0.05) is 16.4 Å². The van der Waals surface area contributed by atoms with Crippen LogP contribution in [0.2, 0.25) is 5.02 Å². The summed E-state index contributed by atoms with van der Waals surface area (Å²) in [7, 11) is 0. The monoisotopic (exact) mass is 467 g/mol. The van der Waals surface area contributed by atoms with E-state index < -0.39 is 23.8 Å². The van der Waals surface area contributed by atoms with E-state index in [4.69, 9.17) is 21.4 Å². The molecule has 170 valence electrons. The summed E-state index contributed by atoms with van der Waals surface area (Å²) in [4.78, 5) is 36.0. The number of hydrogen-bond acceptors (Lipinski definition) is 5. The van der Waals surface area contributed by atoms with Gasteiger partial charge in [-0.2, -0.15) is 0 Å². The van der Waals surface area contributed by atoms with E-state index in [2.05, 4.69) is 5.32 Å². The van der Waals surface area contributed by atoms with Crippen LogP contribution in [0.3, 0.4) is 0 Å². The maximum Gasteiger partial charge on any atom is 0.337 e. The van der Waals surface area contributed by atoms with Gasteiger partial charge in [-0.1, -0.05) is 41.9 Å². The Labute approximate surface area is 195 Å². The number of carboxylic acids is 2. The molecule has 3 N–H and O–H groups in total. The second-order valence-corrected chi connectivity index (χ2v) is 7.86. The van der Waals surface area contributed by atoms with E-state index in [0.717, 1.165) is 5.56 Å². The molecule has 0 aliphatic carbocycles. The van der Waals surface area contributed by atoms with Gasteiger partial charge in [0.2, 0.25) is 0 Å². The van der Waals surface area contributed by atoms with E-state index in [0.29, 0.717) is 22.0 Å². The number of esters is 1. The van der Waals surface area contributed by atoms with E-state index >= 15 is 0 Å². The Morgan fingerprint density at radius 2 is 1.67 bits per heavy atom. The Morgan fingerprint density at radius 1 is 1.00 bits per heavy atom. The number of benzene rings is 2. The lowest BCUT2D eigenvalue weighted by atomic mass is 9.80. The number of dihydropyridines is 1. The standard InChI is InChI=1S/C25H22ClNO6/c1-14-20(24(30)31)22(18-6-3-7-19(26)13-18)21(15(2)27-14)25(32)33-12-4-5-16-8-10-17(11-9-16)23(28)29/h3-11,13,22,27H,12H2,1-2H3,(H,28,29)(H,30,31)/b5-4+. The molecule has 33 heavy (non-hydrogen) atoms. The molecule has 0 saturated heterocycles. The van der Waals surface area contributed by atoms with Gasteiger partial charge in [-0.15, -0.1) is 0 Å². The number of nitrogens with one attached hydrogen (secondary N) is 1. The number of carboxylic acid groups (broad SMARTS) is 2. The average Bonchev–Trinajstić information content (AvgIpc) is 2.76. The summed E-state index contributed by atoms with van der Waals surface area (Å²) in [5, 5.41) is 22.2. The molecule has 1 unspecified atom stereocenters. The first-order valence-corrected chi connectivity index (χ1v) is 10.4. The Hall–Kier alpha value is -3.84. The Kier molecular flexibility index (Phi) is 7.35. The summed E-state index contributed by atoms with van der Waals surface area (Å²) in [5.41, 5.74) is 2.67. The molecule has 2 aromatic carbocycles. The molecule has 1 heterocycles. The Bertz CT molecular complexity index is 1190. The molecule has 0 fully saturated rings. The molecule has 0 aromatic heterocycles. The van der Waals surface area contributed by atoms with Crippen LogP contribution in [0, 0.1) is 0 Å². The van der Waals surface area contributed by atoms with Crippen molar-refractivity contribution in [2.45, 2.75) is 19.8 Å². The molecule has 1 aliphatic rings. The molecule has 8 heteroatoms. The number of carbonyl (C=O) groups is 3. The molecule has 1 atom stereocenters. The number of halogens is 1. The summed E-state index contributed by atoms with van der Waals surface area (Å²) >= 11 is 6.13. The summed E-state index contributed by atoms with van der Waals surface area (Å²) in [6.45, 7) is 3.28. The van der Waals surface area contributed by atoms with E-state index in [1.807, 2.05) is 0 Å². The second kappa shape index (κ2) is 10.2. The van der Waals surface area contributed by atoms with Crippen LogP contribution in [0.25, 0.3) is 6.08 Å². The van der Waals surface area contributed by atoms with Gasteiger partial charge >= 0.3 is 17.9 Å². The number of allylic oxidation sites excluding steroid dienone is 2. The molecular formula is C25H22ClNO6. The summed E-state index contributed by atoms with van der Waals surface area (Å²) in [6.07, 6.45) is 3.31. The number of ether oxygens (including phenoxy) is 1. The third-order valence-corrected chi connectivity index (χ3v) is 5.41. The van der Waals surface area contributed by atoms with Crippen molar-refractivity contribution in [3.05, 3.63) is 98.9 Å². The largest absolute Gasteiger partial charge is 0.478 e. The number of carbonyl (C=O) groups excluding carboxylic acids is 1. The van der Waals surface area contributed by atoms with Crippen molar-refractivity contribution in [1.29, 1.82) is 0 Å². The van der Waals surface area contributed by atoms with Gasteiger partial charge in [0.05, 0.1) is 22.6 Å². The minimum Gasteiger partial charge on any atom is -0.478 e. The predicted molar refractivity (Wildman–Crippen MR) is 124 cm³/mol. The summed E-state index contributed by atoms with van der Waals surface area (Å²) in [5.74, 6) is -3.65. The van der Waals surface area contributed by atoms with Gasteiger partial charge in [-0.3, -0.25) is 0 Å². The highest BCUT2D eigenvalue weighted by atomic mass is 35.5. The van der Waals surface area contributed by atoms with Crippen LogP contribution in [0.4, 0.5) is 0 Å². The summed E-state index contributed by atoms with van der Waals surface area (Å²) in [6, 6.07) is 13.0. The van der Waals surface area contributed by atoms with E-state index in [1.165, 1.54) is 12.1 Å². The molecule has 2 aromatic rings. The minimum atomic E-state index is -1.15. The molecule has 3 rings (SSSR count). The highest BCUT2D eigenvalue weighted by molar-refractivity contribution is 6.30. The predicted octanol–water partition coefficient (Wildman–Crippen LogP) is 4.61. The maximum absolute atomic E-state index is 13.0. The first-order chi connectivity index (χ1) is 15.7. The van der Waals surface area contributed by atoms with Crippen LogP contribution >= 0.6 is 11.6 Å². The van der Waals surface area contributed by atoms with Crippen molar-refractivity contribution < 1.29 is 29.3 Å². The molecule has 7 nitrogen and oxygen atoms in total. The first-order valence-electron chi connectivity index (χ1n) is 10.0. The number of rotatable bonds is 7. The third kappa shape index (κ3) is 5.51. The zero-order chi connectivity index (χ0) is 24.1. The fourth-order valence-electron chi connectivity index (χ4n) is 3.69. The van der Waals surface area contributed by atoms with Crippen molar-refractivity contribution in [3.63, 3.8) is 0 Å². The smallest absolute Gasteiger partial charge is 0.337 e. The van der Waals surface area contributed by atoms with Crippen LogP contribution < -0.4 is 5.32 Å². The van der Waals surface area contributed by atoms with Crippen LogP contribution in [0.15, 0.2) is 77.1 Å².